The predicted molar refractivity (Wildman–Crippen MR) is 88.6 cm³/mol. The van der Waals surface area contributed by atoms with Crippen LogP contribution in [0.5, 0.6) is 0 Å². The van der Waals surface area contributed by atoms with Crippen molar-refractivity contribution in [1.29, 1.82) is 0 Å². The maximum atomic E-state index is 4.48. The summed E-state index contributed by atoms with van der Waals surface area (Å²) in [4.78, 5) is 2.52. The Morgan fingerprint density at radius 1 is 1.29 bits per heavy atom. The van der Waals surface area contributed by atoms with Gasteiger partial charge in [0.05, 0.1) is 11.9 Å². The summed E-state index contributed by atoms with van der Waals surface area (Å²) in [6, 6.07) is 9.33. The van der Waals surface area contributed by atoms with E-state index in [2.05, 4.69) is 63.4 Å². The standard InChI is InChI=1S/C16H21BrN4/c1-12-9-20(13(2)7-18-12)10-14-8-19-21(11-14)16-5-3-15(17)4-6-16/h3-6,8,11-13,18H,7,9-10H2,1-2H3. The lowest BCUT2D eigenvalue weighted by Crippen LogP contribution is -2.53. The zero-order valence-corrected chi connectivity index (χ0v) is 14.0. The van der Waals surface area contributed by atoms with Gasteiger partial charge in [0.2, 0.25) is 0 Å². The molecule has 0 bridgehead atoms. The average molecular weight is 349 g/mol. The summed E-state index contributed by atoms with van der Waals surface area (Å²) in [7, 11) is 0. The van der Waals surface area contributed by atoms with Gasteiger partial charge in [-0.3, -0.25) is 4.90 Å². The van der Waals surface area contributed by atoms with Crippen LogP contribution in [0.2, 0.25) is 0 Å². The first-order valence-corrected chi connectivity index (χ1v) is 8.18. The highest BCUT2D eigenvalue weighted by atomic mass is 79.9. The van der Waals surface area contributed by atoms with E-state index in [1.165, 1.54) is 5.56 Å². The van der Waals surface area contributed by atoms with Crippen molar-refractivity contribution in [3.8, 4) is 5.69 Å². The molecule has 0 aliphatic carbocycles. The summed E-state index contributed by atoms with van der Waals surface area (Å²) in [5.74, 6) is 0. The van der Waals surface area contributed by atoms with Crippen molar-refractivity contribution in [2.75, 3.05) is 13.1 Å². The van der Waals surface area contributed by atoms with Gasteiger partial charge in [0.1, 0.15) is 0 Å². The van der Waals surface area contributed by atoms with Gasteiger partial charge in [-0.1, -0.05) is 15.9 Å². The molecule has 2 atom stereocenters. The summed E-state index contributed by atoms with van der Waals surface area (Å²) < 4.78 is 3.03. The number of hydrogen-bond acceptors (Lipinski definition) is 3. The van der Waals surface area contributed by atoms with Crippen molar-refractivity contribution in [3.63, 3.8) is 0 Å². The second kappa shape index (κ2) is 6.30. The van der Waals surface area contributed by atoms with Gasteiger partial charge in [-0.15, -0.1) is 0 Å². The van der Waals surface area contributed by atoms with E-state index in [0.717, 1.165) is 29.8 Å². The van der Waals surface area contributed by atoms with Gasteiger partial charge in [0.15, 0.2) is 0 Å². The van der Waals surface area contributed by atoms with Gasteiger partial charge >= 0.3 is 0 Å². The second-order valence-electron chi connectivity index (χ2n) is 5.86. The monoisotopic (exact) mass is 348 g/mol. The molecule has 4 nitrogen and oxygen atoms in total. The molecule has 3 rings (SSSR count). The number of nitrogens with zero attached hydrogens (tertiary/aromatic N) is 3. The number of hydrogen-bond donors (Lipinski definition) is 1. The Labute approximate surface area is 134 Å². The van der Waals surface area contributed by atoms with Crippen LogP contribution in [-0.4, -0.2) is 39.9 Å². The summed E-state index contributed by atoms with van der Waals surface area (Å²) in [5.41, 5.74) is 2.35. The molecule has 2 aromatic rings. The fraction of sp³-hybridized carbons (Fsp3) is 0.438. The molecule has 2 heterocycles. The largest absolute Gasteiger partial charge is 0.311 e. The van der Waals surface area contributed by atoms with Crippen molar-refractivity contribution < 1.29 is 0 Å². The molecular formula is C16H21BrN4. The molecule has 1 aliphatic rings. The third-order valence-corrected chi connectivity index (χ3v) is 4.54. The topological polar surface area (TPSA) is 33.1 Å². The first kappa shape index (κ1) is 14.8. The lowest BCUT2D eigenvalue weighted by Gasteiger charge is -2.37. The van der Waals surface area contributed by atoms with Crippen molar-refractivity contribution in [3.05, 3.63) is 46.7 Å². The molecule has 1 fully saturated rings. The van der Waals surface area contributed by atoms with Crippen LogP contribution in [-0.2, 0) is 6.54 Å². The minimum absolute atomic E-state index is 0.558. The molecule has 1 aromatic heterocycles. The molecule has 21 heavy (non-hydrogen) atoms. The normalized spacial score (nSPS) is 23.4. The zero-order valence-electron chi connectivity index (χ0n) is 12.5. The van der Waals surface area contributed by atoms with E-state index in [1.807, 2.05) is 23.0 Å². The van der Waals surface area contributed by atoms with Gasteiger partial charge in [0, 0.05) is 48.0 Å². The van der Waals surface area contributed by atoms with Crippen molar-refractivity contribution in [2.24, 2.45) is 0 Å². The van der Waals surface area contributed by atoms with Crippen molar-refractivity contribution >= 4 is 15.9 Å². The Bertz CT molecular complexity index is 593. The van der Waals surface area contributed by atoms with Crippen LogP contribution in [0.1, 0.15) is 19.4 Å². The van der Waals surface area contributed by atoms with Crippen LogP contribution in [0.25, 0.3) is 5.69 Å². The van der Waals surface area contributed by atoms with E-state index in [-0.39, 0.29) is 0 Å². The number of piperazine rings is 1. The lowest BCUT2D eigenvalue weighted by molar-refractivity contribution is 0.139. The smallest absolute Gasteiger partial charge is 0.0646 e. The van der Waals surface area contributed by atoms with Crippen LogP contribution in [0.15, 0.2) is 41.1 Å². The van der Waals surface area contributed by atoms with E-state index in [9.17, 15) is 0 Å². The Morgan fingerprint density at radius 2 is 2.05 bits per heavy atom. The number of aromatic nitrogens is 2. The molecule has 1 N–H and O–H groups in total. The van der Waals surface area contributed by atoms with Crippen LogP contribution in [0.3, 0.4) is 0 Å². The molecular weight excluding hydrogens is 328 g/mol. The fourth-order valence-electron chi connectivity index (χ4n) is 2.73. The van der Waals surface area contributed by atoms with Crippen molar-refractivity contribution in [1.82, 2.24) is 20.0 Å². The first-order valence-electron chi connectivity index (χ1n) is 7.39. The maximum Gasteiger partial charge on any atom is 0.0646 e. The fourth-order valence-corrected chi connectivity index (χ4v) is 2.99. The van der Waals surface area contributed by atoms with E-state index < -0.39 is 0 Å². The minimum atomic E-state index is 0.558. The molecule has 5 heteroatoms. The molecule has 0 amide bonds. The molecule has 0 saturated carbocycles. The number of nitrogens with one attached hydrogen (secondary N) is 1. The van der Waals surface area contributed by atoms with E-state index in [0.29, 0.717) is 12.1 Å². The Balaban J connectivity index is 1.71. The molecule has 2 unspecified atom stereocenters. The van der Waals surface area contributed by atoms with Gasteiger partial charge in [-0.2, -0.15) is 5.10 Å². The summed E-state index contributed by atoms with van der Waals surface area (Å²) >= 11 is 3.46. The first-order chi connectivity index (χ1) is 10.1. The molecule has 0 spiro atoms. The highest BCUT2D eigenvalue weighted by Gasteiger charge is 2.22. The van der Waals surface area contributed by atoms with Crippen LogP contribution < -0.4 is 5.32 Å². The van der Waals surface area contributed by atoms with Gasteiger partial charge < -0.3 is 5.32 Å². The second-order valence-corrected chi connectivity index (χ2v) is 6.77. The number of benzene rings is 1. The van der Waals surface area contributed by atoms with Crippen molar-refractivity contribution in [2.45, 2.75) is 32.5 Å². The van der Waals surface area contributed by atoms with E-state index in [4.69, 9.17) is 0 Å². The van der Waals surface area contributed by atoms with Gasteiger partial charge in [0.25, 0.3) is 0 Å². The molecule has 1 aromatic carbocycles. The third kappa shape index (κ3) is 3.54. The highest BCUT2D eigenvalue weighted by Crippen LogP contribution is 2.16. The maximum absolute atomic E-state index is 4.48. The van der Waals surface area contributed by atoms with Crippen LogP contribution >= 0.6 is 15.9 Å². The minimum Gasteiger partial charge on any atom is -0.311 e. The Hall–Kier alpha value is -1.17. The highest BCUT2D eigenvalue weighted by molar-refractivity contribution is 9.10. The summed E-state index contributed by atoms with van der Waals surface area (Å²) in [6.07, 6.45) is 4.10. The molecule has 0 radical (unpaired) electrons. The lowest BCUT2D eigenvalue weighted by atomic mass is 10.1. The zero-order chi connectivity index (χ0) is 14.8. The van der Waals surface area contributed by atoms with Crippen LogP contribution in [0.4, 0.5) is 0 Å². The molecule has 1 aliphatic heterocycles. The molecule has 112 valence electrons. The SMILES string of the molecule is CC1CN(Cc2cnn(-c3ccc(Br)cc3)c2)C(C)CN1. The van der Waals surface area contributed by atoms with Crippen LogP contribution in [0, 0.1) is 0 Å². The predicted octanol–water partition coefficient (Wildman–Crippen LogP) is 2.82. The summed E-state index contributed by atoms with van der Waals surface area (Å²) in [6.45, 7) is 7.62. The number of halogens is 1. The Kier molecular flexibility index (Phi) is 4.42. The van der Waals surface area contributed by atoms with E-state index in [1.54, 1.807) is 0 Å². The number of rotatable bonds is 3. The van der Waals surface area contributed by atoms with Gasteiger partial charge in [-0.25, -0.2) is 4.68 Å². The third-order valence-electron chi connectivity index (χ3n) is 4.01. The summed E-state index contributed by atoms with van der Waals surface area (Å²) in [5, 5.41) is 8.00. The Morgan fingerprint density at radius 3 is 2.81 bits per heavy atom. The average Bonchev–Trinajstić information content (AvgIpc) is 2.92. The van der Waals surface area contributed by atoms with E-state index >= 15 is 0 Å². The molecule has 1 saturated heterocycles. The quantitative estimate of drug-likeness (QED) is 0.925. The van der Waals surface area contributed by atoms with Gasteiger partial charge in [-0.05, 0) is 38.1 Å².